The Morgan fingerprint density at radius 1 is 1.50 bits per heavy atom. The fourth-order valence-corrected chi connectivity index (χ4v) is 2.72. The van der Waals surface area contributed by atoms with Crippen LogP contribution in [0.5, 0.6) is 0 Å². The maximum atomic E-state index is 3.42. The number of halogens is 2. The summed E-state index contributed by atoms with van der Waals surface area (Å²) < 4.78 is 5.82. The molecule has 0 aromatic carbocycles. The van der Waals surface area contributed by atoms with Crippen LogP contribution in [-0.2, 0) is 0 Å². The smallest absolute Gasteiger partial charge is 0.0409 e. The minimum Gasteiger partial charge on any atom is -0.254 e. The van der Waals surface area contributed by atoms with Crippen LogP contribution in [0, 0.1) is 0 Å². The third-order valence-electron chi connectivity index (χ3n) is 2.53. The maximum Gasteiger partial charge on any atom is 0.0409 e. The number of rotatable bonds is 4. The average Bonchev–Trinajstić information content (AvgIpc) is 1.96. The second-order valence-electron chi connectivity index (χ2n) is 3.88. The van der Waals surface area contributed by atoms with Crippen LogP contribution in [0.4, 0.5) is 0 Å². The van der Waals surface area contributed by atoms with Crippen LogP contribution in [0.25, 0.3) is 0 Å². The molecule has 1 fully saturated rings. The van der Waals surface area contributed by atoms with Gasteiger partial charge in [0.05, 0.1) is 0 Å². The molecule has 0 spiro atoms. The average molecular weight is 394 g/mol. The zero-order chi connectivity index (χ0) is 9.19. The van der Waals surface area contributed by atoms with Crippen LogP contribution in [0.15, 0.2) is 0 Å². The quantitative estimate of drug-likeness (QED) is 0.583. The molecule has 0 amide bonds. The lowest BCUT2D eigenvalue weighted by atomic mass is 9.77. The van der Waals surface area contributed by atoms with Crippen molar-refractivity contribution in [2.45, 2.75) is 44.7 Å². The van der Waals surface area contributed by atoms with Crippen LogP contribution < -0.4 is 3.53 Å². The molecular weight excluding hydrogens is 378 g/mol. The monoisotopic (exact) mass is 394 g/mol. The molecule has 0 radical (unpaired) electrons. The molecule has 0 saturated heterocycles. The van der Waals surface area contributed by atoms with Crippen molar-refractivity contribution in [3.63, 3.8) is 0 Å². The fourth-order valence-electron chi connectivity index (χ4n) is 1.36. The molecule has 0 aromatic rings. The number of hydrogen-bond donors (Lipinski definition) is 1. The van der Waals surface area contributed by atoms with E-state index < -0.39 is 0 Å². The van der Waals surface area contributed by atoms with Gasteiger partial charge in [-0.05, 0) is 33.1 Å². The molecule has 1 N–H and O–H groups in total. The molecule has 0 aromatic heterocycles. The van der Waals surface area contributed by atoms with Crippen LogP contribution in [0.3, 0.4) is 0 Å². The zero-order valence-corrected chi connectivity index (χ0v) is 11.9. The van der Waals surface area contributed by atoms with Crippen molar-refractivity contribution >= 4 is 45.7 Å². The highest BCUT2D eigenvalue weighted by molar-refractivity contribution is 14.1. The van der Waals surface area contributed by atoms with Crippen molar-refractivity contribution in [2.24, 2.45) is 0 Å². The summed E-state index contributed by atoms with van der Waals surface area (Å²) in [4.78, 5) is 0. The van der Waals surface area contributed by atoms with Crippen molar-refractivity contribution < 1.29 is 0 Å². The fraction of sp³-hybridized carbons (Fsp3) is 1.00. The number of hydrogen-bond acceptors (Lipinski definition) is 2. The summed E-state index contributed by atoms with van der Waals surface area (Å²) in [5, 5.41) is 0. The molecule has 1 aliphatic carbocycles. The van der Waals surface area contributed by atoms with Gasteiger partial charge in [-0.2, -0.15) is 0 Å². The topological polar surface area (TPSA) is 15.3 Å². The van der Waals surface area contributed by atoms with E-state index in [9.17, 15) is 0 Å². The molecule has 2 nitrogen and oxygen atoms in total. The minimum atomic E-state index is 0.423. The summed E-state index contributed by atoms with van der Waals surface area (Å²) in [6.07, 6.45) is 4.06. The predicted molar refractivity (Wildman–Crippen MR) is 69.6 cm³/mol. The lowest BCUT2D eigenvalue weighted by Crippen LogP contribution is -2.53. The molecule has 4 heteroatoms. The molecule has 1 rings (SSSR count). The van der Waals surface area contributed by atoms with Crippen LogP contribution in [0.1, 0.15) is 33.1 Å². The first-order valence-electron chi connectivity index (χ1n) is 4.40. The van der Waals surface area contributed by atoms with Gasteiger partial charge < -0.3 is 0 Å². The van der Waals surface area contributed by atoms with Crippen molar-refractivity contribution in [1.29, 1.82) is 0 Å². The second-order valence-corrected chi connectivity index (χ2v) is 5.66. The molecular formula is C8H16I2N2. The first-order chi connectivity index (χ1) is 5.59. The second kappa shape index (κ2) is 4.75. The van der Waals surface area contributed by atoms with Crippen LogP contribution >= 0.6 is 45.7 Å². The van der Waals surface area contributed by atoms with Gasteiger partial charge in [0.2, 0.25) is 0 Å². The Morgan fingerprint density at radius 3 is 2.33 bits per heavy atom. The number of nitrogens with one attached hydrogen (secondary N) is 1. The Balaban J connectivity index is 2.37. The van der Waals surface area contributed by atoms with E-state index in [-0.39, 0.29) is 0 Å². The highest BCUT2D eigenvalue weighted by Gasteiger charge is 2.37. The summed E-state index contributed by atoms with van der Waals surface area (Å²) in [5.41, 5.74) is 0.423. The lowest BCUT2D eigenvalue weighted by molar-refractivity contribution is 0.188. The van der Waals surface area contributed by atoms with E-state index in [0.29, 0.717) is 11.6 Å². The Labute approximate surface area is 103 Å². The van der Waals surface area contributed by atoms with E-state index in [4.69, 9.17) is 0 Å². The molecule has 0 heterocycles. The maximum absolute atomic E-state index is 3.42. The normalized spacial score (nSPS) is 21.5. The molecule has 0 atom stereocenters. The molecule has 0 aliphatic heterocycles. The molecule has 1 saturated carbocycles. The van der Waals surface area contributed by atoms with Gasteiger partial charge >= 0.3 is 0 Å². The Kier molecular flexibility index (Phi) is 4.53. The standard InChI is InChI=1S/C8H16I2N2/c1-7(2)12(10)6-8(11-9)4-3-5-8/h7,11H,3-6H2,1-2H3. The largest absolute Gasteiger partial charge is 0.254 e. The molecule has 12 heavy (non-hydrogen) atoms. The van der Waals surface area contributed by atoms with Gasteiger partial charge in [0, 0.05) is 63.9 Å². The summed E-state index contributed by atoms with van der Waals surface area (Å²) >= 11 is 4.72. The Bertz CT molecular complexity index is 140. The van der Waals surface area contributed by atoms with Crippen molar-refractivity contribution in [1.82, 2.24) is 6.64 Å². The van der Waals surface area contributed by atoms with Gasteiger partial charge in [-0.3, -0.25) is 3.53 Å². The Hall–Kier alpha value is 1.38. The van der Waals surface area contributed by atoms with E-state index in [1.54, 1.807) is 0 Å². The first-order valence-corrected chi connectivity index (χ1v) is 6.44. The van der Waals surface area contributed by atoms with Crippen LogP contribution in [0.2, 0.25) is 0 Å². The summed E-state index contributed by atoms with van der Waals surface area (Å²) in [7, 11) is 0. The van der Waals surface area contributed by atoms with Crippen molar-refractivity contribution in [3.8, 4) is 0 Å². The van der Waals surface area contributed by atoms with Crippen molar-refractivity contribution in [2.75, 3.05) is 6.54 Å². The van der Waals surface area contributed by atoms with Gasteiger partial charge in [-0.25, -0.2) is 3.11 Å². The first kappa shape index (κ1) is 11.5. The van der Waals surface area contributed by atoms with Crippen molar-refractivity contribution in [3.05, 3.63) is 0 Å². The van der Waals surface area contributed by atoms with Gasteiger partial charge in [0.25, 0.3) is 0 Å². The van der Waals surface area contributed by atoms with E-state index in [2.05, 4.69) is 66.2 Å². The molecule has 1 aliphatic rings. The van der Waals surface area contributed by atoms with Gasteiger partial charge in [-0.15, -0.1) is 0 Å². The van der Waals surface area contributed by atoms with Gasteiger partial charge in [-0.1, -0.05) is 0 Å². The van der Waals surface area contributed by atoms with E-state index in [1.807, 2.05) is 0 Å². The summed E-state index contributed by atoms with van der Waals surface area (Å²) in [5.74, 6) is 0. The SMILES string of the molecule is CC(C)N(I)CC1(NI)CCC1. The van der Waals surface area contributed by atoms with E-state index in [1.165, 1.54) is 25.8 Å². The zero-order valence-electron chi connectivity index (χ0n) is 7.61. The lowest BCUT2D eigenvalue weighted by Gasteiger charge is -2.43. The Morgan fingerprint density at radius 2 is 2.08 bits per heavy atom. The van der Waals surface area contributed by atoms with Gasteiger partial charge in [0.15, 0.2) is 0 Å². The van der Waals surface area contributed by atoms with E-state index >= 15 is 0 Å². The molecule has 0 unspecified atom stereocenters. The summed E-state index contributed by atoms with van der Waals surface area (Å²) in [6.45, 7) is 5.66. The third-order valence-corrected chi connectivity index (χ3v) is 5.12. The molecule has 72 valence electrons. The number of nitrogens with zero attached hydrogens (tertiary/aromatic N) is 1. The highest BCUT2D eigenvalue weighted by atomic mass is 127. The predicted octanol–water partition coefficient (Wildman–Crippen LogP) is 2.91. The third kappa shape index (κ3) is 2.68. The van der Waals surface area contributed by atoms with E-state index in [0.717, 1.165) is 0 Å². The summed E-state index contributed by atoms with van der Waals surface area (Å²) in [6, 6.07) is 0.646. The molecule has 0 bridgehead atoms. The van der Waals surface area contributed by atoms with Gasteiger partial charge in [0.1, 0.15) is 0 Å². The van der Waals surface area contributed by atoms with Crippen LogP contribution in [-0.4, -0.2) is 21.2 Å². The minimum absolute atomic E-state index is 0.423. The highest BCUT2D eigenvalue weighted by Crippen LogP contribution is 2.34.